The van der Waals surface area contributed by atoms with Crippen LogP contribution in [0.25, 0.3) is 0 Å². The van der Waals surface area contributed by atoms with Crippen LogP contribution in [0.5, 0.6) is 0 Å². The smallest absolute Gasteiger partial charge is 0.257 e. The number of rotatable bonds is 9. The number of alkyl halides is 1. The SMILES string of the molecule is CCC(O)(c1cc(F)c2c(c1)C(=O)N(Cc1ncc(C#N)cn1)[C@@]2(OCC1(C#N)CC1)c1ccc(Cl)cc1)C1(F)CCN(C)CC1. The van der Waals surface area contributed by atoms with Crippen LogP contribution in [0.2, 0.25) is 5.02 Å². The van der Waals surface area contributed by atoms with Crippen molar-refractivity contribution in [2.45, 2.75) is 62.6 Å². The number of nitrogens with zero attached hydrogens (tertiary/aromatic N) is 6. The normalized spacial score (nSPS) is 22.9. The minimum Gasteiger partial charge on any atom is -0.382 e. The lowest BCUT2D eigenvalue weighted by molar-refractivity contribution is -0.136. The molecule has 3 aliphatic rings. The van der Waals surface area contributed by atoms with Crippen molar-refractivity contribution in [3.05, 3.63) is 93.3 Å². The number of piperidine rings is 1. The van der Waals surface area contributed by atoms with Gasteiger partial charge >= 0.3 is 0 Å². The van der Waals surface area contributed by atoms with Gasteiger partial charge in [-0.3, -0.25) is 9.69 Å². The van der Waals surface area contributed by atoms with Crippen LogP contribution in [0, 0.1) is 33.9 Å². The number of likely N-dealkylation sites (tertiary alicyclic amines) is 1. The van der Waals surface area contributed by atoms with Crippen LogP contribution < -0.4 is 0 Å². The molecule has 9 nitrogen and oxygen atoms in total. The van der Waals surface area contributed by atoms with Crippen molar-refractivity contribution in [2.75, 3.05) is 26.7 Å². The molecule has 1 N–H and O–H groups in total. The summed E-state index contributed by atoms with van der Waals surface area (Å²) >= 11 is 6.23. The number of nitriles is 2. The Kier molecular flexibility index (Phi) is 8.10. The second-order valence-corrected chi connectivity index (χ2v) is 13.0. The maximum absolute atomic E-state index is 16.9. The van der Waals surface area contributed by atoms with Crippen LogP contribution in [0.3, 0.4) is 0 Å². The molecule has 0 radical (unpaired) electrons. The number of halogens is 3. The van der Waals surface area contributed by atoms with Gasteiger partial charge in [0.25, 0.3) is 5.91 Å². The molecule has 12 heteroatoms. The lowest BCUT2D eigenvalue weighted by Crippen LogP contribution is -2.54. The number of benzene rings is 2. The van der Waals surface area contributed by atoms with E-state index in [1.54, 1.807) is 31.2 Å². The highest BCUT2D eigenvalue weighted by atomic mass is 35.5. The van der Waals surface area contributed by atoms with E-state index >= 15 is 8.78 Å². The van der Waals surface area contributed by atoms with E-state index in [0.29, 0.717) is 36.5 Å². The number of aromatic nitrogens is 2. The van der Waals surface area contributed by atoms with Gasteiger partial charge in [0, 0.05) is 36.1 Å². The molecule has 1 aliphatic carbocycles. The van der Waals surface area contributed by atoms with E-state index in [4.69, 9.17) is 16.3 Å². The number of fused-ring (bicyclic) bond motifs is 1. The van der Waals surface area contributed by atoms with E-state index in [1.165, 1.54) is 23.4 Å². The van der Waals surface area contributed by atoms with Crippen LogP contribution >= 0.6 is 11.6 Å². The van der Waals surface area contributed by atoms with Crippen molar-refractivity contribution < 1.29 is 23.4 Å². The van der Waals surface area contributed by atoms with E-state index in [0.717, 1.165) is 6.07 Å². The highest BCUT2D eigenvalue weighted by Crippen LogP contribution is 2.53. The van der Waals surface area contributed by atoms with Crippen LogP contribution in [0.4, 0.5) is 8.78 Å². The van der Waals surface area contributed by atoms with Gasteiger partial charge in [0.15, 0.2) is 5.72 Å². The highest BCUT2D eigenvalue weighted by Gasteiger charge is 2.58. The summed E-state index contributed by atoms with van der Waals surface area (Å²) in [5.41, 5.74) is -6.51. The fourth-order valence-electron chi connectivity index (χ4n) is 6.66. The topological polar surface area (TPSA) is 126 Å². The van der Waals surface area contributed by atoms with Gasteiger partial charge in [0.05, 0.1) is 41.3 Å². The molecular weight excluding hydrogens is 614 g/mol. The Labute approximate surface area is 271 Å². The summed E-state index contributed by atoms with van der Waals surface area (Å²) in [5, 5.41) is 31.5. The van der Waals surface area contributed by atoms with Crippen molar-refractivity contribution in [1.82, 2.24) is 19.8 Å². The highest BCUT2D eigenvalue weighted by molar-refractivity contribution is 6.30. The summed E-state index contributed by atoms with van der Waals surface area (Å²) in [6.45, 7) is 2.10. The van der Waals surface area contributed by atoms with E-state index < -0.39 is 34.1 Å². The predicted octanol–water partition coefficient (Wildman–Crippen LogP) is 5.35. The number of carbonyl (C=O) groups is 1. The summed E-state index contributed by atoms with van der Waals surface area (Å²) in [5.74, 6) is -1.37. The Morgan fingerprint density at radius 3 is 2.33 bits per heavy atom. The Bertz CT molecular complexity index is 1750. The zero-order valence-corrected chi connectivity index (χ0v) is 26.3. The van der Waals surface area contributed by atoms with Gasteiger partial charge in [0.1, 0.15) is 29.0 Å². The average molecular weight is 647 g/mol. The van der Waals surface area contributed by atoms with Crippen LogP contribution in [-0.4, -0.2) is 63.2 Å². The molecule has 46 heavy (non-hydrogen) atoms. The minimum absolute atomic E-state index is 0.0381. The van der Waals surface area contributed by atoms with Gasteiger partial charge in [-0.05, 0) is 69.0 Å². The number of aliphatic hydroxyl groups is 1. The van der Waals surface area contributed by atoms with Gasteiger partial charge in [-0.1, -0.05) is 30.7 Å². The van der Waals surface area contributed by atoms with Gasteiger partial charge in [-0.15, -0.1) is 0 Å². The van der Waals surface area contributed by atoms with Crippen molar-refractivity contribution >= 4 is 17.5 Å². The Hall–Kier alpha value is -4.00. The first-order valence-corrected chi connectivity index (χ1v) is 15.6. The molecular formula is C34H33ClF2N6O3. The molecule has 1 saturated heterocycles. The molecule has 1 amide bonds. The number of hydrogen-bond acceptors (Lipinski definition) is 8. The third kappa shape index (κ3) is 5.12. The maximum atomic E-state index is 16.9. The standard InChI is InChI=1S/C34H33ClF2N6O3/c1-3-33(45,32(37)10-12-42(2)13-11-32)24-14-26-29(27(36)15-24)34(23-4-6-25(35)7-5-23,46-21-31(20-39)8-9-31)43(30(26)44)19-28-40-17-22(16-38)18-41-28/h4-7,14-15,17-18,45H,3,8-13,19,21H2,1-2H3/t33?,34-/m1/s1. The molecule has 1 saturated carbocycles. The number of ether oxygens (including phenoxy) is 1. The number of carbonyl (C=O) groups excluding carboxylic acids is 1. The summed E-state index contributed by atoms with van der Waals surface area (Å²) in [7, 11) is 1.87. The molecule has 1 aromatic heterocycles. The molecule has 6 rings (SSSR count). The Morgan fingerprint density at radius 1 is 1.11 bits per heavy atom. The first-order valence-electron chi connectivity index (χ1n) is 15.2. The van der Waals surface area contributed by atoms with E-state index in [9.17, 15) is 20.4 Å². The summed E-state index contributed by atoms with van der Waals surface area (Å²) in [6.07, 6.45) is 3.83. The van der Waals surface area contributed by atoms with Crippen molar-refractivity contribution in [3.8, 4) is 12.1 Å². The van der Waals surface area contributed by atoms with Crippen molar-refractivity contribution in [2.24, 2.45) is 5.41 Å². The molecule has 2 atom stereocenters. The lowest BCUT2D eigenvalue weighted by Gasteiger charge is -2.46. The van der Waals surface area contributed by atoms with Gasteiger partial charge in [-0.25, -0.2) is 18.7 Å². The van der Waals surface area contributed by atoms with E-state index in [1.807, 2.05) is 18.0 Å². The first-order chi connectivity index (χ1) is 21.9. The van der Waals surface area contributed by atoms with Crippen LogP contribution in [0.15, 0.2) is 48.8 Å². The van der Waals surface area contributed by atoms with E-state index in [2.05, 4.69) is 16.0 Å². The third-order valence-electron chi connectivity index (χ3n) is 9.81. The summed E-state index contributed by atoms with van der Waals surface area (Å²) in [4.78, 5) is 26.3. The monoisotopic (exact) mass is 646 g/mol. The minimum atomic E-state index is -2.07. The second-order valence-electron chi connectivity index (χ2n) is 12.6. The van der Waals surface area contributed by atoms with E-state index in [-0.39, 0.29) is 60.5 Å². The molecule has 0 bridgehead atoms. The maximum Gasteiger partial charge on any atom is 0.257 e. The molecule has 2 aromatic carbocycles. The average Bonchev–Trinajstić information content (AvgIpc) is 3.82. The molecule has 3 aromatic rings. The molecule has 0 spiro atoms. The third-order valence-corrected chi connectivity index (χ3v) is 10.1. The largest absolute Gasteiger partial charge is 0.382 e. The van der Waals surface area contributed by atoms with Crippen LogP contribution in [-0.2, 0) is 22.6 Å². The lowest BCUT2D eigenvalue weighted by atomic mass is 9.71. The summed E-state index contributed by atoms with van der Waals surface area (Å²) < 4.78 is 40.1. The Morgan fingerprint density at radius 2 is 1.76 bits per heavy atom. The van der Waals surface area contributed by atoms with Gasteiger partial charge < -0.3 is 14.7 Å². The molecule has 3 heterocycles. The zero-order chi connectivity index (χ0) is 32.9. The van der Waals surface area contributed by atoms with Crippen LogP contribution in [0.1, 0.15) is 77.5 Å². The summed E-state index contributed by atoms with van der Waals surface area (Å²) in [6, 6.07) is 13.1. The van der Waals surface area contributed by atoms with Crippen molar-refractivity contribution in [1.29, 1.82) is 10.5 Å². The quantitative estimate of drug-likeness (QED) is 0.330. The zero-order valence-electron chi connectivity index (χ0n) is 25.6. The predicted molar refractivity (Wildman–Crippen MR) is 163 cm³/mol. The molecule has 1 unspecified atom stereocenters. The van der Waals surface area contributed by atoms with Crippen molar-refractivity contribution in [3.63, 3.8) is 0 Å². The Balaban J connectivity index is 1.55. The molecule has 2 fully saturated rings. The number of amides is 1. The first kappa shape index (κ1) is 32.0. The fraction of sp³-hybridized carbons (Fsp3) is 0.441. The number of hydrogen-bond donors (Lipinski definition) is 1. The molecule has 2 aliphatic heterocycles. The van der Waals surface area contributed by atoms with Gasteiger partial charge in [0.2, 0.25) is 0 Å². The van der Waals surface area contributed by atoms with Gasteiger partial charge in [-0.2, -0.15) is 10.5 Å². The fourth-order valence-corrected chi connectivity index (χ4v) is 6.78. The molecule has 238 valence electrons. The second kappa shape index (κ2) is 11.7.